The van der Waals surface area contributed by atoms with Crippen molar-refractivity contribution in [3.63, 3.8) is 0 Å². The number of rotatable bonds is 7. The van der Waals surface area contributed by atoms with E-state index in [1.807, 2.05) is 6.92 Å². The lowest BCUT2D eigenvalue weighted by Crippen LogP contribution is -2.29. The number of halogens is 1. The molecular formula is C14H18BrNO5. The fourth-order valence-corrected chi connectivity index (χ4v) is 2.45. The molecule has 0 aliphatic carbocycles. The van der Waals surface area contributed by atoms with Gasteiger partial charge in [-0.2, -0.15) is 0 Å². The molecule has 0 saturated carbocycles. The zero-order chi connectivity index (χ0) is 16.0. The van der Waals surface area contributed by atoms with Crippen LogP contribution in [0.15, 0.2) is 16.6 Å². The molecule has 1 atom stereocenters. The van der Waals surface area contributed by atoms with Crippen molar-refractivity contribution in [1.29, 1.82) is 0 Å². The second-order valence-corrected chi connectivity index (χ2v) is 5.52. The number of nitro benzene ring substituents is 1. The number of unbranched alkanes of at least 4 members (excludes halogenated alkanes) is 1. The maximum Gasteiger partial charge on any atom is 0.347 e. The second-order valence-electron chi connectivity index (χ2n) is 4.60. The first-order valence-corrected chi connectivity index (χ1v) is 7.39. The second kappa shape index (κ2) is 7.97. The van der Waals surface area contributed by atoms with E-state index in [1.165, 1.54) is 13.2 Å². The van der Waals surface area contributed by atoms with Gasteiger partial charge >= 0.3 is 11.7 Å². The Kier molecular flexibility index (Phi) is 6.61. The minimum Gasteiger partial charge on any atom is -0.471 e. The SMILES string of the molecule is CCCCC(Oc1c(C)cc(Br)cc1[N+](=O)[O-])C(=O)OC. The molecule has 7 heteroatoms. The van der Waals surface area contributed by atoms with Crippen molar-refractivity contribution in [3.8, 4) is 5.75 Å². The average molecular weight is 360 g/mol. The highest BCUT2D eigenvalue weighted by Crippen LogP contribution is 2.35. The molecule has 0 aliphatic heterocycles. The van der Waals surface area contributed by atoms with Crippen molar-refractivity contribution in [2.45, 2.75) is 39.2 Å². The molecule has 0 aliphatic rings. The van der Waals surface area contributed by atoms with Crippen LogP contribution in [0, 0.1) is 17.0 Å². The first-order valence-electron chi connectivity index (χ1n) is 6.59. The fraction of sp³-hybridized carbons (Fsp3) is 0.500. The molecule has 0 heterocycles. The number of carbonyl (C=O) groups excluding carboxylic acids is 1. The molecule has 0 N–H and O–H groups in total. The van der Waals surface area contributed by atoms with Gasteiger partial charge in [-0.1, -0.05) is 29.3 Å². The van der Waals surface area contributed by atoms with Gasteiger partial charge in [-0.25, -0.2) is 4.79 Å². The van der Waals surface area contributed by atoms with E-state index in [0.717, 1.165) is 12.8 Å². The smallest absolute Gasteiger partial charge is 0.347 e. The number of aryl methyl sites for hydroxylation is 1. The number of esters is 1. The Hall–Kier alpha value is -1.63. The molecule has 1 aromatic carbocycles. The van der Waals surface area contributed by atoms with Gasteiger partial charge in [-0.05, 0) is 31.4 Å². The van der Waals surface area contributed by atoms with Gasteiger partial charge in [-0.15, -0.1) is 0 Å². The Bertz CT molecular complexity index is 532. The summed E-state index contributed by atoms with van der Waals surface area (Å²) in [6, 6.07) is 3.06. The zero-order valence-corrected chi connectivity index (χ0v) is 13.8. The number of nitro groups is 1. The van der Waals surface area contributed by atoms with Crippen molar-refractivity contribution < 1.29 is 19.2 Å². The quantitative estimate of drug-likeness (QED) is 0.420. The van der Waals surface area contributed by atoms with Crippen LogP contribution in [0.2, 0.25) is 0 Å². The van der Waals surface area contributed by atoms with E-state index in [4.69, 9.17) is 9.47 Å². The van der Waals surface area contributed by atoms with Crippen LogP contribution in [0.4, 0.5) is 5.69 Å². The average Bonchev–Trinajstić information content (AvgIpc) is 2.43. The number of methoxy groups -OCH3 is 1. The van der Waals surface area contributed by atoms with Gasteiger partial charge in [0.1, 0.15) is 0 Å². The summed E-state index contributed by atoms with van der Waals surface area (Å²) in [6.07, 6.45) is 1.27. The highest BCUT2D eigenvalue weighted by atomic mass is 79.9. The third-order valence-corrected chi connectivity index (χ3v) is 3.42. The third-order valence-electron chi connectivity index (χ3n) is 2.96. The van der Waals surface area contributed by atoms with Crippen LogP contribution in [0.25, 0.3) is 0 Å². The summed E-state index contributed by atoms with van der Waals surface area (Å²) in [6.45, 7) is 3.68. The predicted octanol–water partition coefficient (Wildman–Crippen LogP) is 3.78. The molecule has 0 saturated heterocycles. The fourth-order valence-electron chi connectivity index (χ4n) is 1.89. The summed E-state index contributed by atoms with van der Waals surface area (Å²) in [5.74, 6) is -0.422. The van der Waals surface area contributed by atoms with Gasteiger partial charge in [0.2, 0.25) is 5.75 Å². The van der Waals surface area contributed by atoms with Crippen LogP contribution in [0.3, 0.4) is 0 Å². The van der Waals surface area contributed by atoms with E-state index >= 15 is 0 Å². The van der Waals surface area contributed by atoms with Crippen LogP contribution in [-0.2, 0) is 9.53 Å². The van der Waals surface area contributed by atoms with Crippen molar-refractivity contribution in [3.05, 3.63) is 32.3 Å². The van der Waals surface area contributed by atoms with Gasteiger partial charge in [0.05, 0.1) is 12.0 Å². The summed E-state index contributed by atoms with van der Waals surface area (Å²) < 4.78 is 10.9. The summed E-state index contributed by atoms with van der Waals surface area (Å²) in [5, 5.41) is 11.1. The number of benzene rings is 1. The van der Waals surface area contributed by atoms with Crippen molar-refractivity contribution in [1.82, 2.24) is 0 Å². The molecule has 0 radical (unpaired) electrons. The van der Waals surface area contributed by atoms with E-state index in [-0.39, 0.29) is 11.4 Å². The summed E-state index contributed by atoms with van der Waals surface area (Å²) >= 11 is 3.21. The molecule has 0 amide bonds. The Morgan fingerprint density at radius 3 is 2.67 bits per heavy atom. The Labute approximate surface area is 131 Å². The van der Waals surface area contributed by atoms with E-state index in [2.05, 4.69) is 15.9 Å². The number of carbonyl (C=O) groups is 1. The number of hydrogen-bond acceptors (Lipinski definition) is 5. The molecule has 21 heavy (non-hydrogen) atoms. The lowest BCUT2D eigenvalue weighted by atomic mass is 10.1. The van der Waals surface area contributed by atoms with Gasteiger partial charge in [-0.3, -0.25) is 10.1 Å². The maximum atomic E-state index is 11.8. The van der Waals surface area contributed by atoms with Crippen LogP contribution in [0.1, 0.15) is 31.7 Å². The van der Waals surface area contributed by atoms with E-state index < -0.39 is 17.0 Å². The van der Waals surface area contributed by atoms with Gasteiger partial charge in [0, 0.05) is 10.5 Å². The number of hydrogen-bond donors (Lipinski definition) is 0. The standard InChI is InChI=1S/C14H18BrNO5/c1-4-5-6-12(14(17)20-3)21-13-9(2)7-10(15)8-11(13)16(18)19/h7-8,12H,4-6H2,1-3H3. The largest absolute Gasteiger partial charge is 0.471 e. The van der Waals surface area contributed by atoms with Crippen molar-refractivity contribution >= 4 is 27.6 Å². The molecule has 0 bridgehead atoms. The minimum absolute atomic E-state index is 0.106. The van der Waals surface area contributed by atoms with Crippen LogP contribution < -0.4 is 4.74 Å². The number of ether oxygens (including phenoxy) is 2. The lowest BCUT2D eigenvalue weighted by Gasteiger charge is -2.18. The molecule has 0 fully saturated rings. The summed E-state index contributed by atoms with van der Waals surface area (Å²) in [4.78, 5) is 22.4. The van der Waals surface area contributed by atoms with Gasteiger partial charge < -0.3 is 9.47 Å². The summed E-state index contributed by atoms with van der Waals surface area (Å²) in [5.41, 5.74) is 0.411. The van der Waals surface area contributed by atoms with Crippen LogP contribution in [0.5, 0.6) is 5.75 Å². The minimum atomic E-state index is -0.839. The third kappa shape index (κ3) is 4.70. The molecule has 1 unspecified atom stereocenters. The highest BCUT2D eigenvalue weighted by molar-refractivity contribution is 9.10. The van der Waals surface area contributed by atoms with E-state index in [1.54, 1.807) is 13.0 Å². The molecule has 6 nitrogen and oxygen atoms in total. The van der Waals surface area contributed by atoms with E-state index in [9.17, 15) is 14.9 Å². The maximum absolute atomic E-state index is 11.8. The van der Waals surface area contributed by atoms with Crippen LogP contribution in [-0.4, -0.2) is 24.1 Å². The van der Waals surface area contributed by atoms with Crippen molar-refractivity contribution in [2.75, 3.05) is 7.11 Å². The number of nitrogens with zero attached hydrogens (tertiary/aromatic N) is 1. The highest BCUT2D eigenvalue weighted by Gasteiger charge is 2.26. The van der Waals surface area contributed by atoms with E-state index in [0.29, 0.717) is 16.5 Å². The molecule has 0 spiro atoms. The Morgan fingerprint density at radius 1 is 1.48 bits per heavy atom. The van der Waals surface area contributed by atoms with Gasteiger partial charge in [0.25, 0.3) is 0 Å². The summed E-state index contributed by atoms with van der Waals surface area (Å²) in [7, 11) is 1.27. The van der Waals surface area contributed by atoms with Crippen molar-refractivity contribution in [2.24, 2.45) is 0 Å². The Morgan fingerprint density at radius 2 is 2.14 bits per heavy atom. The van der Waals surface area contributed by atoms with Crippen LogP contribution >= 0.6 is 15.9 Å². The lowest BCUT2D eigenvalue weighted by molar-refractivity contribution is -0.386. The Balaban J connectivity index is 3.13. The zero-order valence-electron chi connectivity index (χ0n) is 12.2. The molecule has 0 aromatic heterocycles. The normalized spacial score (nSPS) is 11.8. The predicted molar refractivity (Wildman–Crippen MR) is 81.5 cm³/mol. The molecule has 116 valence electrons. The molecule has 1 aromatic rings. The first-order chi connectivity index (χ1) is 9.90. The van der Waals surface area contributed by atoms with Gasteiger partial charge in [0.15, 0.2) is 6.10 Å². The monoisotopic (exact) mass is 359 g/mol. The topological polar surface area (TPSA) is 78.7 Å². The first kappa shape index (κ1) is 17.4. The molecule has 1 rings (SSSR count). The molecular weight excluding hydrogens is 342 g/mol.